The lowest BCUT2D eigenvalue weighted by Crippen LogP contribution is -2.01. The zero-order valence-electron chi connectivity index (χ0n) is 9.46. The summed E-state index contributed by atoms with van der Waals surface area (Å²) in [5, 5.41) is 8.99. The van der Waals surface area contributed by atoms with Gasteiger partial charge in [0.05, 0.1) is 5.56 Å². The molecule has 0 aliphatic carbocycles. The van der Waals surface area contributed by atoms with Gasteiger partial charge in [-0.3, -0.25) is 0 Å². The highest BCUT2D eigenvalue weighted by Crippen LogP contribution is 2.30. The van der Waals surface area contributed by atoms with Gasteiger partial charge < -0.3 is 16.6 Å². The minimum atomic E-state index is -1.02. The molecule has 92 valence electrons. The highest BCUT2D eigenvalue weighted by molar-refractivity contribution is 7.99. The van der Waals surface area contributed by atoms with Crippen LogP contribution in [0, 0.1) is 0 Å². The van der Waals surface area contributed by atoms with Crippen molar-refractivity contribution in [2.24, 2.45) is 0 Å². The molecule has 0 aliphatic rings. The van der Waals surface area contributed by atoms with Crippen LogP contribution in [-0.2, 0) is 0 Å². The lowest BCUT2D eigenvalue weighted by molar-refractivity contribution is 0.0698. The molecule has 2 aromatic carbocycles. The van der Waals surface area contributed by atoms with E-state index in [1.165, 1.54) is 11.8 Å². The Balaban J connectivity index is 2.27. The van der Waals surface area contributed by atoms with E-state index in [4.69, 9.17) is 16.6 Å². The maximum Gasteiger partial charge on any atom is 0.337 e. The molecular weight excluding hydrogens is 248 g/mol. The van der Waals surface area contributed by atoms with Crippen molar-refractivity contribution < 1.29 is 9.90 Å². The minimum Gasteiger partial charge on any atom is -0.478 e. The number of aromatic carboxylic acids is 1. The summed E-state index contributed by atoms with van der Waals surface area (Å²) in [5.74, 6) is -1.02. The van der Waals surface area contributed by atoms with Crippen LogP contribution in [0.5, 0.6) is 0 Å². The first-order chi connectivity index (χ1) is 8.56. The number of rotatable bonds is 3. The molecule has 0 heterocycles. The summed E-state index contributed by atoms with van der Waals surface area (Å²) < 4.78 is 0. The maximum atomic E-state index is 11.0. The number of carbonyl (C=O) groups is 1. The Bertz CT molecular complexity index is 582. The largest absolute Gasteiger partial charge is 0.478 e. The van der Waals surface area contributed by atoms with Crippen molar-refractivity contribution in [1.82, 2.24) is 0 Å². The Morgan fingerprint density at radius 1 is 1.00 bits per heavy atom. The second-order valence-corrected chi connectivity index (χ2v) is 4.87. The molecule has 0 radical (unpaired) electrons. The van der Waals surface area contributed by atoms with Crippen molar-refractivity contribution in [3.63, 3.8) is 0 Å². The van der Waals surface area contributed by atoms with Gasteiger partial charge >= 0.3 is 5.97 Å². The zero-order valence-corrected chi connectivity index (χ0v) is 10.3. The van der Waals surface area contributed by atoms with Crippen molar-refractivity contribution in [2.75, 3.05) is 11.5 Å². The van der Waals surface area contributed by atoms with Crippen molar-refractivity contribution in [3.05, 3.63) is 48.0 Å². The highest BCUT2D eigenvalue weighted by atomic mass is 32.2. The molecule has 2 rings (SSSR count). The number of hydrogen-bond acceptors (Lipinski definition) is 4. The fourth-order valence-corrected chi connectivity index (χ4v) is 2.31. The van der Waals surface area contributed by atoms with Crippen LogP contribution >= 0.6 is 11.8 Å². The van der Waals surface area contributed by atoms with Gasteiger partial charge in [0.25, 0.3) is 0 Å². The molecule has 2 aromatic rings. The fourth-order valence-electron chi connectivity index (χ4n) is 1.46. The Morgan fingerprint density at radius 3 is 2.22 bits per heavy atom. The molecule has 0 atom stereocenters. The molecule has 4 nitrogen and oxygen atoms in total. The average Bonchev–Trinajstić information content (AvgIpc) is 2.34. The van der Waals surface area contributed by atoms with Gasteiger partial charge in [0, 0.05) is 21.2 Å². The van der Waals surface area contributed by atoms with Crippen molar-refractivity contribution in [2.45, 2.75) is 9.79 Å². The average molecular weight is 260 g/mol. The molecule has 0 unspecified atom stereocenters. The van der Waals surface area contributed by atoms with Gasteiger partial charge in [-0.2, -0.15) is 0 Å². The summed E-state index contributed by atoms with van der Waals surface area (Å²) in [4.78, 5) is 12.8. The SMILES string of the molecule is Nc1ccc(Sc2ccc(N)c(C(=O)O)c2)cc1. The van der Waals surface area contributed by atoms with E-state index >= 15 is 0 Å². The molecule has 0 amide bonds. The van der Waals surface area contributed by atoms with Gasteiger partial charge in [-0.25, -0.2) is 4.79 Å². The van der Waals surface area contributed by atoms with Crippen molar-refractivity contribution >= 4 is 29.1 Å². The Morgan fingerprint density at radius 2 is 1.61 bits per heavy atom. The van der Waals surface area contributed by atoms with E-state index in [9.17, 15) is 4.79 Å². The predicted octanol–water partition coefficient (Wildman–Crippen LogP) is 2.70. The zero-order chi connectivity index (χ0) is 13.1. The summed E-state index contributed by atoms with van der Waals surface area (Å²) in [6, 6.07) is 12.3. The van der Waals surface area contributed by atoms with Gasteiger partial charge in [0.1, 0.15) is 0 Å². The lowest BCUT2D eigenvalue weighted by Gasteiger charge is -2.05. The topological polar surface area (TPSA) is 89.3 Å². The van der Waals surface area contributed by atoms with Gasteiger partial charge in [0.15, 0.2) is 0 Å². The third-order valence-corrected chi connectivity index (χ3v) is 3.37. The van der Waals surface area contributed by atoms with Crippen LogP contribution in [0.1, 0.15) is 10.4 Å². The van der Waals surface area contributed by atoms with Gasteiger partial charge in [-0.15, -0.1) is 0 Å². The predicted molar refractivity (Wildman–Crippen MR) is 72.8 cm³/mol. The molecular formula is C13H12N2O2S. The van der Waals surface area contributed by atoms with E-state index in [0.29, 0.717) is 5.69 Å². The van der Waals surface area contributed by atoms with Gasteiger partial charge in [-0.05, 0) is 42.5 Å². The second-order valence-electron chi connectivity index (χ2n) is 3.73. The summed E-state index contributed by atoms with van der Waals surface area (Å²) in [6.45, 7) is 0. The summed E-state index contributed by atoms with van der Waals surface area (Å²) >= 11 is 1.46. The van der Waals surface area contributed by atoms with Crippen LogP contribution in [0.3, 0.4) is 0 Å². The lowest BCUT2D eigenvalue weighted by atomic mass is 10.2. The normalized spacial score (nSPS) is 10.2. The highest BCUT2D eigenvalue weighted by Gasteiger charge is 2.09. The number of nitrogens with two attached hydrogens (primary N) is 2. The molecule has 18 heavy (non-hydrogen) atoms. The summed E-state index contributed by atoms with van der Waals surface area (Å²) in [6.07, 6.45) is 0. The smallest absolute Gasteiger partial charge is 0.337 e. The second kappa shape index (κ2) is 5.01. The van der Waals surface area contributed by atoms with Crippen LogP contribution in [0.4, 0.5) is 11.4 Å². The minimum absolute atomic E-state index is 0.121. The van der Waals surface area contributed by atoms with Crippen molar-refractivity contribution in [3.8, 4) is 0 Å². The first kappa shape index (κ1) is 12.3. The fraction of sp³-hybridized carbons (Fsp3) is 0. The first-order valence-electron chi connectivity index (χ1n) is 5.22. The van der Waals surface area contributed by atoms with E-state index in [1.54, 1.807) is 30.3 Å². The molecule has 0 saturated carbocycles. The Kier molecular flexibility index (Phi) is 3.43. The third kappa shape index (κ3) is 2.75. The molecule has 0 saturated heterocycles. The Hall–Kier alpha value is -2.14. The standard InChI is InChI=1S/C13H12N2O2S/c14-8-1-3-9(4-2-8)18-10-5-6-12(15)11(7-10)13(16)17/h1-7H,14-15H2,(H,16,17). The molecule has 0 fully saturated rings. The number of anilines is 2. The summed E-state index contributed by atoms with van der Waals surface area (Å²) in [5.41, 5.74) is 12.3. The number of carboxylic acid groups (broad SMARTS) is 1. The van der Waals surface area contributed by atoms with E-state index in [-0.39, 0.29) is 11.3 Å². The molecule has 5 heteroatoms. The number of benzene rings is 2. The molecule has 5 N–H and O–H groups in total. The first-order valence-corrected chi connectivity index (χ1v) is 6.04. The molecule has 0 bridgehead atoms. The van der Waals surface area contributed by atoms with E-state index in [2.05, 4.69) is 0 Å². The summed E-state index contributed by atoms with van der Waals surface area (Å²) in [7, 11) is 0. The van der Waals surface area contributed by atoms with E-state index in [1.807, 2.05) is 12.1 Å². The number of carboxylic acids is 1. The Labute approximate surface area is 109 Å². The van der Waals surface area contributed by atoms with Gasteiger partial charge in [-0.1, -0.05) is 11.8 Å². The van der Waals surface area contributed by atoms with E-state index < -0.39 is 5.97 Å². The molecule has 0 spiro atoms. The van der Waals surface area contributed by atoms with Gasteiger partial charge in [0.2, 0.25) is 0 Å². The number of nitrogen functional groups attached to an aromatic ring is 2. The third-order valence-electron chi connectivity index (χ3n) is 2.37. The van der Waals surface area contributed by atoms with Crippen LogP contribution in [-0.4, -0.2) is 11.1 Å². The van der Waals surface area contributed by atoms with Crippen LogP contribution in [0.15, 0.2) is 52.3 Å². The van der Waals surface area contributed by atoms with Crippen LogP contribution in [0.25, 0.3) is 0 Å². The molecule has 0 aromatic heterocycles. The van der Waals surface area contributed by atoms with Crippen LogP contribution in [0.2, 0.25) is 0 Å². The number of hydrogen-bond donors (Lipinski definition) is 3. The van der Waals surface area contributed by atoms with Crippen LogP contribution < -0.4 is 11.5 Å². The van der Waals surface area contributed by atoms with E-state index in [0.717, 1.165) is 9.79 Å². The monoisotopic (exact) mass is 260 g/mol. The van der Waals surface area contributed by atoms with Crippen molar-refractivity contribution in [1.29, 1.82) is 0 Å². The quantitative estimate of drug-likeness (QED) is 0.738. The maximum absolute atomic E-state index is 11.0. The molecule has 0 aliphatic heterocycles.